The molecule has 1 atom stereocenters. The maximum atomic E-state index is 13.0. The number of allylic oxidation sites excluding steroid dienone is 2. The van der Waals surface area contributed by atoms with Crippen molar-refractivity contribution in [2.24, 2.45) is 0 Å². The Kier molecular flexibility index (Phi) is 4.62. The average Bonchev–Trinajstić information content (AvgIpc) is 3.17. The highest BCUT2D eigenvalue weighted by atomic mass is 16.5. The number of nitrogens with zero attached hydrogens (tertiary/aromatic N) is 3. The number of ether oxygens (including phenoxy) is 1. The summed E-state index contributed by atoms with van der Waals surface area (Å²) < 4.78 is 7.76. The van der Waals surface area contributed by atoms with Crippen molar-refractivity contribution in [2.75, 3.05) is 11.9 Å². The van der Waals surface area contributed by atoms with Crippen LogP contribution >= 0.6 is 0 Å². The molecule has 0 saturated carbocycles. The molecule has 0 radical (unpaired) electrons. The van der Waals surface area contributed by atoms with Gasteiger partial charge in [-0.3, -0.25) is 4.79 Å². The van der Waals surface area contributed by atoms with E-state index in [9.17, 15) is 4.79 Å². The summed E-state index contributed by atoms with van der Waals surface area (Å²) in [4.78, 5) is 17.8. The van der Waals surface area contributed by atoms with Gasteiger partial charge in [-0.2, -0.15) is 4.98 Å². The van der Waals surface area contributed by atoms with Crippen molar-refractivity contribution in [3.63, 3.8) is 0 Å². The Labute approximate surface area is 175 Å². The lowest BCUT2D eigenvalue weighted by molar-refractivity contribution is -0.116. The average molecular weight is 400 g/mol. The van der Waals surface area contributed by atoms with E-state index in [1.165, 1.54) is 0 Å². The van der Waals surface area contributed by atoms with Crippen molar-refractivity contribution >= 4 is 11.7 Å². The van der Waals surface area contributed by atoms with E-state index in [0.29, 0.717) is 24.8 Å². The molecule has 0 amide bonds. The van der Waals surface area contributed by atoms with Crippen LogP contribution in [0.4, 0.5) is 5.95 Å². The van der Waals surface area contributed by atoms with Gasteiger partial charge in [0.05, 0.1) is 6.61 Å². The second-order valence-electron chi connectivity index (χ2n) is 7.74. The Bertz CT molecular complexity index is 1160. The van der Waals surface area contributed by atoms with Gasteiger partial charge in [0.15, 0.2) is 11.6 Å². The quantitative estimate of drug-likeness (QED) is 0.689. The fourth-order valence-corrected chi connectivity index (χ4v) is 4.34. The molecule has 6 heteroatoms. The Morgan fingerprint density at radius 3 is 2.87 bits per heavy atom. The maximum Gasteiger partial charge on any atom is 0.226 e. The van der Waals surface area contributed by atoms with Gasteiger partial charge in [0.1, 0.15) is 11.8 Å². The number of rotatable bonds is 4. The van der Waals surface area contributed by atoms with E-state index >= 15 is 0 Å². The summed E-state index contributed by atoms with van der Waals surface area (Å²) in [7, 11) is 0. The zero-order valence-electron chi connectivity index (χ0n) is 17.2. The Morgan fingerprint density at radius 1 is 1.17 bits per heavy atom. The minimum absolute atomic E-state index is 0.165. The first-order valence-corrected chi connectivity index (χ1v) is 10.4. The molecule has 152 valence electrons. The second-order valence-corrected chi connectivity index (χ2v) is 7.74. The molecule has 0 fully saturated rings. The first kappa shape index (κ1) is 18.6. The van der Waals surface area contributed by atoms with Gasteiger partial charge in [-0.25, -0.2) is 4.68 Å². The minimum Gasteiger partial charge on any atom is -0.494 e. The van der Waals surface area contributed by atoms with Gasteiger partial charge < -0.3 is 10.1 Å². The Hall–Kier alpha value is -3.41. The molecule has 1 N–H and O–H groups in total. The van der Waals surface area contributed by atoms with Gasteiger partial charge in [-0.05, 0) is 38.8 Å². The topological polar surface area (TPSA) is 69.0 Å². The monoisotopic (exact) mass is 400 g/mol. The van der Waals surface area contributed by atoms with Crippen LogP contribution in [-0.2, 0) is 4.79 Å². The first-order valence-electron chi connectivity index (χ1n) is 10.4. The number of fused-ring (bicyclic) bond motifs is 1. The number of aryl methyl sites for hydroxylation is 1. The number of carbonyl (C=O) groups excluding carboxylic acids is 1. The van der Waals surface area contributed by atoms with E-state index in [-0.39, 0.29) is 11.8 Å². The fraction of sp³-hybridized carbons (Fsp3) is 0.292. The van der Waals surface area contributed by atoms with Gasteiger partial charge in [0.25, 0.3) is 0 Å². The van der Waals surface area contributed by atoms with Crippen LogP contribution in [0.15, 0.2) is 59.8 Å². The summed E-state index contributed by atoms with van der Waals surface area (Å²) in [6, 6.07) is 15.7. The first-order chi connectivity index (χ1) is 14.7. The number of ketones is 1. The van der Waals surface area contributed by atoms with Crippen LogP contribution in [0.25, 0.3) is 11.4 Å². The summed E-state index contributed by atoms with van der Waals surface area (Å²) in [5.74, 6) is 2.25. The van der Waals surface area contributed by atoms with E-state index < -0.39 is 0 Å². The highest BCUT2D eigenvalue weighted by Crippen LogP contribution is 2.43. The Balaban J connectivity index is 1.70. The van der Waals surface area contributed by atoms with Gasteiger partial charge in [0.2, 0.25) is 5.95 Å². The SMILES string of the molecule is CCOc1ccccc1C1C2=C(CCCC2=O)Nc2nc(-c3cccc(C)c3)nn21. The lowest BCUT2D eigenvalue weighted by atomic mass is 9.85. The smallest absolute Gasteiger partial charge is 0.226 e. The van der Waals surface area contributed by atoms with Gasteiger partial charge in [-0.1, -0.05) is 42.0 Å². The predicted molar refractivity (Wildman–Crippen MR) is 115 cm³/mol. The van der Waals surface area contributed by atoms with Gasteiger partial charge in [-0.15, -0.1) is 5.10 Å². The molecule has 0 saturated heterocycles. The third-order valence-corrected chi connectivity index (χ3v) is 5.66. The molecular weight excluding hydrogens is 376 g/mol. The highest BCUT2D eigenvalue weighted by Gasteiger charge is 2.38. The number of hydrogen-bond donors (Lipinski definition) is 1. The largest absolute Gasteiger partial charge is 0.494 e. The van der Waals surface area contributed by atoms with Gasteiger partial charge >= 0.3 is 0 Å². The molecular formula is C24H24N4O2. The molecule has 1 aliphatic carbocycles. The number of aromatic nitrogens is 3. The molecule has 2 aromatic carbocycles. The van der Waals surface area contributed by atoms with Crippen molar-refractivity contribution in [1.82, 2.24) is 14.8 Å². The van der Waals surface area contributed by atoms with E-state index in [0.717, 1.165) is 46.6 Å². The van der Waals surface area contributed by atoms with E-state index in [1.807, 2.05) is 48.0 Å². The molecule has 3 aromatic rings. The fourth-order valence-electron chi connectivity index (χ4n) is 4.34. The minimum atomic E-state index is -0.349. The third kappa shape index (κ3) is 3.09. The molecule has 1 aromatic heterocycles. The van der Waals surface area contributed by atoms with Crippen LogP contribution in [0, 0.1) is 6.92 Å². The number of carbonyl (C=O) groups is 1. The number of para-hydroxylation sites is 1. The van der Waals surface area contributed by atoms with E-state index in [1.54, 1.807) is 0 Å². The summed E-state index contributed by atoms with van der Waals surface area (Å²) in [5, 5.41) is 8.24. The molecule has 30 heavy (non-hydrogen) atoms. The Morgan fingerprint density at radius 2 is 2.03 bits per heavy atom. The van der Waals surface area contributed by atoms with Crippen molar-refractivity contribution < 1.29 is 9.53 Å². The second kappa shape index (κ2) is 7.44. The highest BCUT2D eigenvalue weighted by molar-refractivity contribution is 5.99. The van der Waals surface area contributed by atoms with Crippen LogP contribution in [-0.4, -0.2) is 27.2 Å². The normalized spacial score (nSPS) is 17.9. The van der Waals surface area contributed by atoms with Gasteiger partial charge in [0, 0.05) is 28.8 Å². The molecule has 6 nitrogen and oxygen atoms in total. The van der Waals surface area contributed by atoms with Crippen molar-refractivity contribution in [3.05, 3.63) is 70.9 Å². The predicted octanol–water partition coefficient (Wildman–Crippen LogP) is 4.67. The van der Waals surface area contributed by atoms with Crippen LogP contribution in [0.3, 0.4) is 0 Å². The summed E-state index contributed by atoms with van der Waals surface area (Å²) in [5.41, 5.74) is 4.78. The number of hydrogen-bond acceptors (Lipinski definition) is 5. The standard InChI is InChI=1S/C24H24N4O2/c1-3-30-20-13-5-4-10-17(20)22-21-18(11-7-12-19(21)29)25-24-26-23(27-28(22)24)16-9-6-8-15(2)14-16/h4-6,8-10,13-14,22H,3,7,11-12H2,1-2H3,(H,25,26,27). The number of benzene rings is 2. The van der Waals surface area contributed by atoms with Crippen LogP contribution in [0.5, 0.6) is 5.75 Å². The molecule has 0 bridgehead atoms. The third-order valence-electron chi connectivity index (χ3n) is 5.66. The van der Waals surface area contributed by atoms with Crippen LogP contribution in [0.2, 0.25) is 0 Å². The van der Waals surface area contributed by atoms with Crippen molar-refractivity contribution in [2.45, 2.75) is 39.2 Å². The van der Waals surface area contributed by atoms with Crippen LogP contribution in [0.1, 0.15) is 43.4 Å². The molecule has 1 aliphatic heterocycles. The van der Waals surface area contributed by atoms with E-state index in [2.05, 4.69) is 24.4 Å². The maximum absolute atomic E-state index is 13.0. The number of Topliss-reactive ketones (excluding diaryl/α,β-unsaturated/α-hetero) is 1. The molecule has 5 rings (SSSR count). The summed E-state index contributed by atoms with van der Waals surface area (Å²) in [6.07, 6.45) is 2.24. The summed E-state index contributed by atoms with van der Waals surface area (Å²) in [6.45, 7) is 4.57. The zero-order valence-corrected chi connectivity index (χ0v) is 17.2. The molecule has 2 heterocycles. The lowest BCUT2D eigenvalue weighted by Crippen LogP contribution is -2.31. The number of anilines is 1. The lowest BCUT2D eigenvalue weighted by Gasteiger charge is -2.32. The summed E-state index contributed by atoms with van der Waals surface area (Å²) >= 11 is 0. The molecule has 2 aliphatic rings. The van der Waals surface area contributed by atoms with E-state index in [4.69, 9.17) is 14.8 Å². The molecule has 0 spiro atoms. The number of nitrogens with one attached hydrogen (secondary N) is 1. The van der Waals surface area contributed by atoms with Crippen molar-refractivity contribution in [1.29, 1.82) is 0 Å². The van der Waals surface area contributed by atoms with Crippen LogP contribution < -0.4 is 10.1 Å². The zero-order chi connectivity index (χ0) is 20.7. The molecule has 1 unspecified atom stereocenters. The van der Waals surface area contributed by atoms with Crippen molar-refractivity contribution in [3.8, 4) is 17.1 Å².